The highest BCUT2D eigenvalue weighted by Crippen LogP contribution is 2.28. The van der Waals surface area contributed by atoms with Crippen LogP contribution >= 0.6 is 11.6 Å². The SMILES string of the molecule is Cc1ccc(F)c(C(=O)Nc2cc(Cl)ccc2[N+](=O)[O-])c1. The first kappa shape index (κ1) is 14.9. The van der Waals surface area contributed by atoms with Gasteiger partial charge in [0.25, 0.3) is 11.6 Å². The first-order valence-electron chi connectivity index (χ1n) is 5.90. The van der Waals surface area contributed by atoms with Crippen molar-refractivity contribution in [1.82, 2.24) is 0 Å². The van der Waals surface area contributed by atoms with Gasteiger partial charge in [0, 0.05) is 11.1 Å². The number of halogens is 2. The predicted octanol–water partition coefficient (Wildman–Crippen LogP) is 3.95. The molecule has 1 amide bonds. The smallest absolute Gasteiger partial charge is 0.292 e. The second-order valence-electron chi connectivity index (χ2n) is 4.36. The lowest BCUT2D eigenvalue weighted by molar-refractivity contribution is -0.383. The Labute approximate surface area is 124 Å². The van der Waals surface area contributed by atoms with Gasteiger partial charge in [0.2, 0.25) is 0 Å². The number of rotatable bonds is 3. The van der Waals surface area contributed by atoms with E-state index in [0.717, 1.165) is 6.07 Å². The number of hydrogen-bond acceptors (Lipinski definition) is 3. The minimum absolute atomic E-state index is 0.0848. The van der Waals surface area contributed by atoms with Gasteiger partial charge in [0.05, 0.1) is 10.5 Å². The van der Waals surface area contributed by atoms with Gasteiger partial charge >= 0.3 is 0 Å². The topological polar surface area (TPSA) is 72.2 Å². The van der Waals surface area contributed by atoms with Crippen LogP contribution in [0, 0.1) is 22.9 Å². The van der Waals surface area contributed by atoms with Crippen LogP contribution in [0.3, 0.4) is 0 Å². The lowest BCUT2D eigenvalue weighted by atomic mass is 10.1. The zero-order chi connectivity index (χ0) is 15.6. The van der Waals surface area contributed by atoms with Crippen molar-refractivity contribution < 1.29 is 14.1 Å². The Morgan fingerprint density at radius 1 is 1.29 bits per heavy atom. The van der Waals surface area contributed by atoms with Gasteiger partial charge in [-0.05, 0) is 31.2 Å². The third-order valence-electron chi connectivity index (χ3n) is 2.77. The largest absolute Gasteiger partial charge is 0.316 e. The van der Waals surface area contributed by atoms with E-state index in [1.165, 1.54) is 30.3 Å². The van der Waals surface area contributed by atoms with Gasteiger partial charge in [-0.3, -0.25) is 14.9 Å². The van der Waals surface area contributed by atoms with Crippen molar-refractivity contribution in [2.45, 2.75) is 6.92 Å². The second kappa shape index (κ2) is 5.88. The molecule has 7 heteroatoms. The zero-order valence-corrected chi connectivity index (χ0v) is 11.6. The van der Waals surface area contributed by atoms with Crippen molar-refractivity contribution >= 4 is 28.9 Å². The maximum absolute atomic E-state index is 13.6. The Kier molecular flexibility index (Phi) is 4.18. The molecular weight excluding hydrogens is 299 g/mol. The summed E-state index contributed by atoms with van der Waals surface area (Å²) in [6.07, 6.45) is 0. The molecule has 5 nitrogen and oxygen atoms in total. The number of nitrogens with one attached hydrogen (secondary N) is 1. The molecule has 0 aliphatic rings. The van der Waals surface area contributed by atoms with Gasteiger partial charge in [-0.15, -0.1) is 0 Å². The minimum atomic E-state index is -0.776. The van der Waals surface area contributed by atoms with Crippen LogP contribution in [0.2, 0.25) is 5.02 Å². The van der Waals surface area contributed by atoms with Gasteiger partial charge in [-0.1, -0.05) is 23.2 Å². The zero-order valence-electron chi connectivity index (χ0n) is 10.9. The first-order chi connectivity index (χ1) is 9.88. The number of benzene rings is 2. The van der Waals surface area contributed by atoms with E-state index in [2.05, 4.69) is 5.32 Å². The predicted molar refractivity (Wildman–Crippen MR) is 77.2 cm³/mol. The van der Waals surface area contributed by atoms with E-state index in [0.29, 0.717) is 5.56 Å². The van der Waals surface area contributed by atoms with E-state index in [9.17, 15) is 19.3 Å². The lowest BCUT2D eigenvalue weighted by Crippen LogP contribution is -2.15. The standard InChI is InChI=1S/C14H10ClFN2O3/c1-8-2-4-11(16)10(6-8)14(19)17-12-7-9(15)3-5-13(12)18(20)21/h2-7H,1H3,(H,17,19). The number of carbonyl (C=O) groups is 1. The van der Waals surface area contributed by atoms with E-state index in [-0.39, 0.29) is 22.0 Å². The van der Waals surface area contributed by atoms with Crippen molar-refractivity contribution in [1.29, 1.82) is 0 Å². The molecule has 0 saturated carbocycles. The molecule has 2 aromatic rings. The third kappa shape index (κ3) is 3.35. The highest BCUT2D eigenvalue weighted by molar-refractivity contribution is 6.31. The van der Waals surface area contributed by atoms with E-state index < -0.39 is 16.6 Å². The third-order valence-corrected chi connectivity index (χ3v) is 3.01. The summed E-state index contributed by atoms with van der Waals surface area (Å²) < 4.78 is 13.6. The van der Waals surface area contributed by atoms with Gasteiger partial charge in [0.1, 0.15) is 11.5 Å². The molecule has 108 valence electrons. The number of carbonyl (C=O) groups excluding carboxylic acids is 1. The summed E-state index contributed by atoms with van der Waals surface area (Å²) >= 11 is 5.76. The molecule has 0 fully saturated rings. The highest BCUT2D eigenvalue weighted by Gasteiger charge is 2.19. The van der Waals surface area contributed by atoms with Crippen LogP contribution in [0.1, 0.15) is 15.9 Å². The van der Waals surface area contributed by atoms with Gasteiger partial charge in [-0.25, -0.2) is 4.39 Å². The fourth-order valence-electron chi connectivity index (χ4n) is 1.77. The van der Waals surface area contributed by atoms with E-state index in [1.807, 2.05) is 0 Å². The molecule has 0 atom stereocenters. The normalized spacial score (nSPS) is 10.2. The number of anilines is 1. The molecular formula is C14H10ClFN2O3. The number of amides is 1. The molecule has 2 rings (SSSR count). The Morgan fingerprint density at radius 2 is 2.00 bits per heavy atom. The number of aryl methyl sites for hydroxylation is 1. The molecule has 1 N–H and O–H groups in total. The number of nitro benzene ring substituents is 1. The monoisotopic (exact) mass is 308 g/mol. The number of nitrogens with zero attached hydrogens (tertiary/aromatic N) is 1. The second-order valence-corrected chi connectivity index (χ2v) is 4.79. The molecule has 0 aliphatic carbocycles. The van der Waals surface area contributed by atoms with Crippen LogP contribution in [-0.4, -0.2) is 10.8 Å². The summed E-state index contributed by atoms with van der Waals surface area (Å²) in [6, 6.07) is 7.80. The number of hydrogen-bond donors (Lipinski definition) is 1. The fraction of sp³-hybridized carbons (Fsp3) is 0.0714. The minimum Gasteiger partial charge on any atom is -0.316 e. The van der Waals surface area contributed by atoms with Crippen LogP contribution in [0.25, 0.3) is 0 Å². The van der Waals surface area contributed by atoms with Crippen molar-refractivity contribution in [3.63, 3.8) is 0 Å². The van der Waals surface area contributed by atoms with Gasteiger partial charge < -0.3 is 5.32 Å². The number of nitro groups is 1. The fourth-order valence-corrected chi connectivity index (χ4v) is 1.94. The lowest BCUT2D eigenvalue weighted by Gasteiger charge is -2.08. The Morgan fingerprint density at radius 3 is 2.67 bits per heavy atom. The first-order valence-corrected chi connectivity index (χ1v) is 6.27. The maximum Gasteiger partial charge on any atom is 0.292 e. The summed E-state index contributed by atoms with van der Waals surface area (Å²) in [7, 11) is 0. The van der Waals surface area contributed by atoms with Crippen LogP contribution < -0.4 is 5.32 Å². The van der Waals surface area contributed by atoms with Crippen LogP contribution in [0.5, 0.6) is 0 Å². The van der Waals surface area contributed by atoms with Gasteiger partial charge in [-0.2, -0.15) is 0 Å². The molecule has 21 heavy (non-hydrogen) atoms. The molecule has 0 aliphatic heterocycles. The molecule has 0 heterocycles. The van der Waals surface area contributed by atoms with E-state index >= 15 is 0 Å². The van der Waals surface area contributed by atoms with Gasteiger partial charge in [0.15, 0.2) is 0 Å². The summed E-state index contributed by atoms with van der Waals surface area (Å²) in [4.78, 5) is 22.3. The van der Waals surface area contributed by atoms with Crippen LogP contribution in [0.4, 0.5) is 15.8 Å². The molecule has 0 radical (unpaired) electrons. The van der Waals surface area contributed by atoms with E-state index in [4.69, 9.17) is 11.6 Å². The highest BCUT2D eigenvalue weighted by atomic mass is 35.5. The van der Waals surface area contributed by atoms with Crippen LogP contribution in [0.15, 0.2) is 36.4 Å². The molecule has 0 saturated heterocycles. The summed E-state index contributed by atoms with van der Waals surface area (Å²) in [5, 5.41) is 13.4. The molecule has 0 unspecified atom stereocenters. The molecule has 0 aromatic heterocycles. The van der Waals surface area contributed by atoms with Crippen molar-refractivity contribution in [3.8, 4) is 0 Å². The Hall–Kier alpha value is -2.47. The quantitative estimate of drug-likeness (QED) is 0.689. The van der Waals surface area contributed by atoms with Crippen molar-refractivity contribution in [2.75, 3.05) is 5.32 Å². The van der Waals surface area contributed by atoms with Crippen LogP contribution in [-0.2, 0) is 0 Å². The maximum atomic E-state index is 13.6. The summed E-state index contributed by atoms with van der Waals surface area (Å²) in [6.45, 7) is 1.71. The molecule has 2 aromatic carbocycles. The average Bonchev–Trinajstić information content (AvgIpc) is 2.41. The Bertz CT molecular complexity index is 734. The molecule has 0 spiro atoms. The van der Waals surface area contributed by atoms with Crippen molar-refractivity contribution in [3.05, 3.63) is 68.5 Å². The van der Waals surface area contributed by atoms with Crippen molar-refractivity contribution in [2.24, 2.45) is 0 Å². The summed E-state index contributed by atoms with van der Waals surface area (Å²) in [5.41, 5.74) is 0.102. The average molecular weight is 309 g/mol. The summed E-state index contributed by atoms with van der Waals surface area (Å²) in [5.74, 6) is -1.48. The molecule has 0 bridgehead atoms. The van der Waals surface area contributed by atoms with E-state index in [1.54, 1.807) is 6.92 Å². The Balaban J connectivity index is 2.38.